The molecule has 1 aliphatic rings. The number of carbonyl (C=O) groups excluding carboxylic acids is 1. The lowest BCUT2D eigenvalue weighted by atomic mass is 9.92. The first-order chi connectivity index (χ1) is 20.6. The molecule has 0 saturated carbocycles. The molecule has 0 aromatic heterocycles. The average molecular weight is 592 g/mol. The molecule has 1 aliphatic heterocycles. The highest BCUT2D eigenvalue weighted by Crippen LogP contribution is 2.34. The number of likely N-dealkylation sites (tertiary alicyclic amines) is 1. The van der Waals surface area contributed by atoms with E-state index in [2.05, 4.69) is 4.90 Å². The molecule has 10 heteroatoms. The first-order valence-corrected chi connectivity index (χ1v) is 14.3. The van der Waals surface area contributed by atoms with Gasteiger partial charge in [0.15, 0.2) is 11.5 Å². The predicted octanol–water partition coefficient (Wildman–Crippen LogP) is 5.32. The molecule has 1 amide bonds. The second kappa shape index (κ2) is 14.3. The maximum Gasteiger partial charge on any atom is 0.310 e. The summed E-state index contributed by atoms with van der Waals surface area (Å²) in [5.74, 6) is 1.40. The Morgan fingerprint density at radius 3 is 2.21 bits per heavy atom. The van der Waals surface area contributed by atoms with Crippen molar-refractivity contribution in [3.05, 3.63) is 72.3 Å². The number of nitrogens with two attached hydrogens (primary N) is 1. The fourth-order valence-electron chi connectivity index (χ4n) is 4.96. The lowest BCUT2D eigenvalue weighted by Gasteiger charge is -2.35. The normalized spacial score (nSPS) is 14.2. The van der Waals surface area contributed by atoms with Gasteiger partial charge in [0.1, 0.15) is 17.6 Å². The Bertz CT molecular complexity index is 1370. The molecule has 0 unspecified atom stereocenters. The lowest BCUT2D eigenvalue weighted by Crippen LogP contribution is -2.45. The van der Waals surface area contributed by atoms with Crippen molar-refractivity contribution < 1.29 is 33.6 Å². The van der Waals surface area contributed by atoms with E-state index in [1.54, 1.807) is 75.4 Å². The van der Waals surface area contributed by atoms with E-state index in [0.29, 0.717) is 59.6 Å². The second-order valence-corrected chi connectivity index (χ2v) is 11.3. The Labute approximate surface area is 252 Å². The van der Waals surface area contributed by atoms with Crippen LogP contribution < -0.4 is 24.8 Å². The number of hydrogen-bond donors (Lipinski definition) is 2. The molecule has 3 aromatic rings. The highest BCUT2D eigenvalue weighted by atomic mass is 16.5. The van der Waals surface area contributed by atoms with E-state index in [-0.39, 0.29) is 12.0 Å². The summed E-state index contributed by atoms with van der Waals surface area (Å²) < 4.78 is 22.8. The van der Waals surface area contributed by atoms with Crippen LogP contribution in [0.25, 0.3) is 0 Å². The van der Waals surface area contributed by atoms with E-state index in [1.807, 2.05) is 24.3 Å². The van der Waals surface area contributed by atoms with Crippen LogP contribution in [0.1, 0.15) is 37.0 Å². The second-order valence-electron chi connectivity index (χ2n) is 11.3. The molecule has 1 saturated heterocycles. The van der Waals surface area contributed by atoms with Crippen molar-refractivity contribution in [1.82, 2.24) is 4.90 Å². The number of aliphatic carboxylic acids is 1. The van der Waals surface area contributed by atoms with Crippen LogP contribution in [0.5, 0.6) is 23.0 Å². The molecule has 230 valence electrons. The fraction of sp³-hybridized carbons (Fsp3) is 0.394. The van der Waals surface area contributed by atoms with Gasteiger partial charge in [-0.3, -0.25) is 9.59 Å². The predicted molar refractivity (Wildman–Crippen MR) is 165 cm³/mol. The van der Waals surface area contributed by atoms with Gasteiger partial charge in [0.05, 0.1) is 19.1 Å². The minimum atomic E-state index is -0.789. The van der Waals surface area contributed by atoms with Crippen LogP contribution in [-0.4, -0.2) is 75.0 Å². The molecule has 3 aromatic carbocycles. The largest absolute Gasteiger partial charge is 0.493 e. The van der Waals surface area contributed by atoms with Gasteiger partial charge < -0.3 is 39.6 Å². The van der Waals surface area contributed by atoms with E-state index in [9.17, 15) is 14.7 Å². The Morgan fingerprint density at radius 2 is 1.60 bits per heavy atom. The van der Waals surface area contributed by atoms with E-state index >= 15 is 0 Å². The number of rotatable bonds is 13. The van der Waals surface area contributed by atoms with Crippen LogP contribution in [0.4, 0.5) is 11.4 Å². The molecular formula is C33H41N3O7. The number of piperidine rings is 1. The first-order valence-electron chi connectivity index (χ1n) is 14.3. The zero-order valence-corrected chi connectivity index (χ0v) is 25.2. The number of anilines is 2. The first kappa shape index (κ1) is 31.7. The van der Waals surface area contributed by atoms with E-state index in [1.165, 1.54) is 0 Å². The van der Waals surface area contributed by atoms with Crippen molar-refractivity contribution in [2.45, 2.75) is 32.8 Å². The fourth-order valence-corrected chi connectivity index (χ4v) is 4.96. The molecule has 43 heavy (non-hydrogen) atoms. The van der Waals surface area contributed by atoms with Crippen LogP contribution >= 0.6 is 0 Å². The van der Waals surface area contributed by atoms with Gasteiger partial charge in [-0.25, -0.2) is 0 Å². The number of amides is 1. The minimum absolute atomic E-state index is 0.0397. The molecular weight excluding hydrogens is 550 g/mol. The SMILES string of the molecule is COCCN(C(=O)c1ccc(OC2CCN(CC(C)(C)C(=O)O)CC2)cc1)c1ccc(Oc2ccc(N)cc2OC)cc1. The number of hydrogen-bond acceptors (Lipinski definition) is 8. The Hall–Kier alpha value is -4.28. The topological polar surface area (TPSA) is 124 Å². The van der Waals surface area contributed by atoms with Crippen LogP contribution in [0, 0.1) is 5.41 Å². The van der Waals surface area contributed by atoms with Crippen LogP contribution in [0.3, 0.4) is 0 Å². The number of methoxy groups -OCH3 is 2. The number of ether oxygens (including phenoxy) is 4. The molecule has 0 radical (unpaired) electrons. The van der Waals surface area contributed by atoms with Gasteiger partial charge in [0, 0.05) is 56.3 Å². The highest BCUT2D eigenvalue weighted by molar-refractivity contribution is 6.06. The molecule has 3 N–H and O–H groups in total. The van der Waals surface area contributed by atoms with Crippen LogP contribution in [0.15, 0.2) is 66.7 Å². The van der Waals surface area contributed by atoms with Crippen molar-refractivity contribution in [3.63, 3.8) is 0 Å². The van der Waals surface area contributed by atoms with Crippen molar-refractivity contribution in [1.29, 1.82) is 0 Å². The number of carboxylic acid groups (broad SMARTS) is 1. The average Bonchev–Trinajstić information content (AvgIpc) is 3.00. The van der Waals surface area contributed by atoms with E-state index in [4.69, 9.17) is 24.7 Å². The Balaban J connectivity index is 1.37. The third-order valence-corrected chi connectivity index (χ3v) is 7.46. The minimum Gasteiger partial charge on any atom is -0.493 e. The lowest BCUT2D eigenvalue weighted by molar-refractivity contribution is -0.148. The molecule has 0 aliphatic carbocycles. The summed E-state index contributed by atoms with van der Waals surface area (Å²) in [7, 11) is 3.16. The van der Waals surface area contributed by atoms with Crippen molar-refractivity contribution in [2.24, 2.45) is 5.41 Å². The number of benzene rings is 3. The standard InChI is InChI=1S/C33H41N3O7/c1-33(2,32(38)39)22-35-17-15-28(16-18-35)42-26-10-5-23(6-11-26)31(37)36(19-20-40-3)25-8-12-27(13-9-25)43-29-14-7-24(34)21-30(29)41-4/h5-14,21,28H,15-20,22,34H2,1-4H3,(H,38,39). The summed E-state index contributed by atoms with van der Waals surface area (Å²) in [6.45, 7) is 6.32. The van der Waals surface area contributed by atoms with Gasteiger partial charge in [0.25, 0.3) is 5.91 Å². The van der Waals surface area contributed by atoms with Crippen molar-refractivity contribution in [2.75, 3.05) is 57.6 Å². The summed E-state index contributed by atoms with van der Waals surface area (Å²) in [4.78, 5) is 28.9. The summed E-state index contributed by atoms with van der Waals surface area (Å²) in [5, 5.41) is 9.41. The van der Waals surface area contributed by atoms with Gasteiger partial charge in [-0.05, 0) is 87.4 Å². The van der Waals surface area contributed by atoms with E-state index in [0.717, 1.165) is 25.9 Å². The van der Waals surface area contributed by atoms with Crippen molar-refractivity contribution >= 4 is 23.3 Å². The molecule has 0 bridgehead atoms. The summed E-state index contributed by atoms with van der Waals surface area (Å²) in [6.07, 6.45) is 1.66. The van der Waals surface area contributed by atoms with E-state index < -0.39 is 11.4 Å². The zero-order valence-electron chi connectivity index (χ0n) is 25.2. The molecule has 1 fully saturated rings. The Kier molecular flexibility index (Phi) is 10.5. The zero-order chi connectivity index (χ0) is 31.0. The maximum absolute atomic E-state index is 13.6. The number of carbonyl (C=O) groups is 2. The van der Waals surface area contributed by atoms with Crippen LogP contribution in [0.2, 0.25) is 0 Å². The smallest absolute Gasteiger partial charge is 0.310 e. The van der Waals surface area contributed by atoms with Gasteiger partial charge in [-0.15, -0.1) is 0 Å². The molecule has 4 rings (SSSR count). The number of nitrogens with zero attached hydrogens (tertiary/aromatic N) is 2. The third kappa shape index (κ3) is 8.39. The number of nitrogen functional groups attached to an aromatic ring is 1. The molecule has 0 spiro atoms. The van der Waals surface area contributed by atoms with Crippen LogP contribution in [-0.2, 0) is 9.53 Å². The molecule has 10 nitrogen and oxygen atoms in total. The summed E-state index contributed by atoms with van der Waals surface area (Å²) >= 11 is 0. The third-order valence-electron chi connectivity index (χ3n) is 7.46. The Morgan fingerprint density at radius 1 is 0.953 bits per heavy atom. The van der Waals surface area contributed by atoms with Gasteiger partial charge >= 0.3 is 5.97 Å². The summed E-state index contributed by atoms with van der Waals surface area (Å²) in [5.41, 5.74) is 6.86. The van der Waals surface area contributed by atoms with Gasteiger partial charge in [-0.1, -0.05) is 0 Å². The van der Waals surface area contributed by atoms with Gasteiger partial charge in [0.2, 0.25) is 0 Å². The number of carboxylic acids is 1. The van der Waals surface area contributed by atoms with Crippen molar-refractivity contribution in [3.8, 4) is 23.0 Å². The quantitative estimate of drug-likeness (QED) is 0.254. The highest BCUT2D eigenvalue weighted by Gasteiger charge is 2.32. The molecule has 1 heterocycles. The molecule has 0 atom stereocenters. The summed E-state index contributed by atoms with van der Waals surface area (Å²) in [6, 6.07) is 19.6. The van der Waals surface area contributed by atoms with Gasteiger partial charge in [-0.2, -0.15) is 0 Å². The maximum atomic E-state index is 13.6. The monoisotopic (exact) mass is 591 g/mol.